The minimum atomic E-state index is -0.181. The molecule has 3 aromatic rings. The second-order valence-corrected chi connectivity index (χ2v) is 5.82. The number of aryl methyl sites for hydroxylation is 1. The third-order valence-corrected chi connectivity index (χ3v) is 3.91. The fraction of sp³-hybridized carbons (Fsp3) is 0.0556. The minimum Gasteiger partial charge on any atom is -0.452 e. The number of halogens is 3. The lowest BCUT2D eigenvalue weighted by Gasteiger charge is -1.94. The van der Waals surface area contributed by atoms with Gasteiger partial charge in [-0.1, -0.05) is 41.4 Å². The van der Waals surface area contributed by atoms with Crippen LogP contribution in [0.4, 0.5) is 0 Å². The molecule has 0 atom stereocenters. The number of hydrogen-bond donors (Lipinski definition) is 0. The highest BCUT2D eigenvalue weighted by Crippen LogP contribution is 2.28. The van der Waals surface area contributed by atoms with Crippen LogP contribution < -0.4 is 0 Å². The zero-order chi connectivity index (χ0) is 15.7. The number of carbonyl (C=O) groups is 1. The molecule has 0 saturated heterocycles. The minimum absolute atomic E-state index is 0. The normalized spacial score (nSPS) is 10.9. The molecule has 5 heteroatoms. The molecular weight excluding hydrogens is 355 g/mol. The first-order chi connectivity index (χ1) is 10.5. The van der Waals surface area contributed by atoms with Crippen LogP contribution in [0.25, 0.3) is 17.0 Å². The van der Waals surface area contributed by atoms with Crippen molar-refractivity contribution < 1.29 is 9.21 Å². The van der Waals surface area contributed by atoms with Gasteiger partial charge in [0.1, 0.15) is 5.58 Å². The van der Waals surface area contributed by atoms with Gasteiger partial charge >= 0.3 is 0 Å². The lowest BCUT2D eigenvalue weighted by molar-refractivity contribution is 0.102. The van der Waals surface area contributed by atoms with E-state index in [2.05, 4.69) is 0 Å². The Kier molecular flexibility index (Phi) is 5.53. The van der Waals surface area contributed by atoms with Gasteiger partial charge in [0.15, 0.2) is 5.76 Å². The number of allylic oxidation sites excluding steroid dienone is 1. The van der Waals surface area contributed by atoms with Crippen LogP contribution in [0, 0.1) is 6.92 Å². The Morgan fingerprint density at radius 3 is 2.39 bits per heavy atom. The predicted molar refractivity (Wildman–Crippen MR) is 98.0 cm³/mol. The number of carbonyl (C=O) groups excluding carboxylic acids is 1. The number of ketones is 1. The Morgan fingerprint density at radius 1 is 1.04 bits per heavy atom. The van der Waals surface area contributed by atoms with E-state index >= 15 is 0 Å². The van der Waals surface area contributed by atoms with Gasteiger partial charge in [0.05, 0.1) is 0 Å². The van der Waals surface area contributed by atoms with E-state index in [0.29, 0.717) is 21.4 Å². The predicted octanol–water partition coefficient (Wildman–Crippen LogP) is 6.37. The number of hydrogen-bond acceptors (Lipinski definition) is 2. The van der Waals surface area contributed by atoms with Crippen molar-refractivity contribution in [1.82, 2.24) is 0 Å². The van der Waals surface area contributed by atoms with Crippen LogP contribution in [0.3, 0.4) is 0 Å². The van der Waals surface area contributed by atoms with Crippen LogP contribution in [0.15, 0.2) is 53.0 Å². The molecule has 0 saturated carbocycles. The molecular formula is C18H13Cl3O2. The molecule has 0 aliphatic carbocycles. The Labute approximate surface area is 150 Å². The lowest BCUT2D eigenvalue weighted by atomic mass is 10.1. The summed E-state index contributed by atoms with van der Waals surface area (Å²) in [6, 6.07) is 12.6. The maximum atomic E-state index is 12.3. The van der Waals surface area contributed by atoms with E-state index in [4.69, 9.17) is 27.6 Å². The van der Waals surface area contributed by atoms with E-state index in [-0.39, 0.29) is 18.2 Å². The Morgan fingerprint density at radius 2 is 1.70 bits per heavy atom. The van der Waals surface area contributed by atoms with Crippen molar-refractivity contribution in [3.8, 4) is 0 Å². The quantitative estimate of drug-likeness (QED) is 0.398. The van der Waals surface area contributed by atoms with E-state index in [1.807, 2.05) is 19.1 Å². The third-order valence-electron chi connectivity index (χ3n) is 3.42. The van der Waals surface area contributed by atoms with Gasteiger partial charge in [0.2, 0.25) is 5.78 Å². The van der Waals surface area contributed by atoms with Crippen molar-refractivity contribution >= 4 is 58.4 Å². The number of rotatable bonds is 3. The second-order valence-electron chi connectivity index (χ2n) is 4.95. The van der Waals surface area contributed by atoms with Crippen LogP contribution in [-0.2, 0) is 0 Å². The van der Waals surface area contributed by atoms with E-state index in [1.54, 1.807) is 36.4 Å². The summed E-state index contributed by atoms with van der Waals surface area (Å²) in [5.74, 6) is 0.155. The summed E-state index contributed by atoms with van der Waals surface area (Å²) < 4.78 is 5.64. The zero-order valence-electron chi connectivity index (χ0n) is 12.2. The van der Waals surface area contributed by atoms with Crippen LogP contribution in [0.5, 0.6) is 0 Å². The molecule has 23 heavy (non-hydrogen) atoms. The molecule has 0 unspecified atom stereocenters. The molecule has 0 radical (unpaired) electrons. The largest absolute Gasteiger partial charge is 0.452 e. The molecule has 3 rings (SSSR count). The maximum Gasteiger partial charge on any atom is 0.221 e. The average Bonchev–Trinajstić information content (AvgIpc) is 2.83. The average molecular weight is 368 g/mol. The Balaban J connectivity index is 0.00000192. The molecule has 118 valence electrons. The summed E-state index contributed by atoms with van der Waals surface area (Å²) in [5, 5.41) is 2.14. The van der Waals surface area contributed by atoms with Crippen LogP contribution >= 0.6 is 35.6 Å². The molecule has 1 heterocycles. The van der Waals surface area contributed by atoms with Gasteiger partial charge in [-0.3, -0.25) is 4.79 Å². The summed E-state index contributed by atoms with van der Waals surface area (Å²) >= 11 is 11.8. The highest BCUT2D eigenvalue weighted by atomic mass is 35.5. The van der Waals surface area contributed by atoms with E-state index < -0.39 is 0 Å². The molecule has 2 aromatic carbocycles. The first-order valence-corrected chi connectivity index (χ1v) is 7.47. The standard InChI is InChI=1S/C18H12Cl2O2.ClH/c1-11-15-10-14(20)7-9-17(15)22-18(11)16(21)8-4-12-2-5-13(19)6-3-12;/h2-10H,1H3;1H/b8-4+;. The fourth-order valence-electron chi connectivity index (χ4n) is 2.25. The monoisotopic (exact) mass is 366 g/mol. The topological polar surface area (TPSA) is 30.2 Å². The van der Waals surface area contributed by atoms with Gasteiger partial charge in [-0.15, -0.1) is 12.4 Å². The third kappa shape index (κ3) is 3.78. The van der Waals surface area contributed by atoms with Crippen LogP contribution in [0.1, 0.15) is 21.7 Å². The molecule has 0 aliphatic heterocycles. The molecule has 0 fully saturated rings. The number of fused-ring (bicyclic) bond motifs is 1. The molecule has 0 amide bonds. The van der Waals surface area contributed by atoms with Crippen LogP contribution in [0.2, 0.25) is 10.0 Å². The first-order valence-electron chi connectivity index (χ1n) is 6.71. The summed E-state index contributed by atoms with van der Waals surface area (Å²) in [7, 11) is 0. The van der Waals surface area contributed by atoms with Gasteiger partial charge < -0.3 is 4.42 Å². The van der Waals surface area contributed by atoms with Crippen molar-refractivity contribution in [1.29, 1.82) is 0 Å². The SMILES string of the molecule is Cc1c(C(=O)/C=C/c2ccc(Cl)cc2)oc2ccc(Cl)cc12.Cl. The van der Waals surface area contributed by atoms with Crippen molar-refractivity contribution in [2.75, 3.05) is 0 Å². The highest BCUT2D eigenvalue weighted by molar-refractivity contribution is 6.31. The number of benzene rings is 2. The zero-order valence-corrected chi connectivity index (χ0v) is 14.5. The molecule has 0 N–H and O–H groups in total. The van der Waals surface area contributed by atoms with Gasteiger partial charge in [0.25, 0.3) is 0 Å². The smallest absolute Gasteiger partial charge is 0.221 e. The lowest BCUT2D eigenvalue weighted by Crippen LogP contribution is -1.93. The van der Waals surface area contributed by atoms with Gasteiger partial charge in [-0.2, -0.15) is 0 Å². The van der Waals surface area contributed by atoms with Crippen LogP contribution in [-0.4, -0.2) is 5.78 Å². The van der Waals surface area contributed by atoms with Gasteiger partial charge in [-0.25, -0.2) is 0 Å². The molecule has 0 spiro atoms. The Hall–Kier alpha value is -1.74. The van der Waals surface area contributed by atoms with Gasteiger partial charge in [0, 0.05) is 21.0 Å². The Bertz CT molecular complexity index is 877. The summed E-state index contributed by atoms with van der Waals surface area (Å²) in [6.07, 6.45) is 3.23. The van der Waals surface area contributed by atoms with Crippen molar-refractivity contribution in [3.05, 3.63) is 75.5 Å². The first kappa shape index (κ1) is 17.6. The molecule has 1 aromatic heterocycles. The van der Waals surface area contributed by atoms with Crippen molar-refractivity contribution in [3.63, 3.8) is 0 Å². The maximum absolute atomic E-state index is 12.3. The van der Waals surface area contributed by atoms with Crippen molar-refractivity contribution in [2.24, 2.45) is 0 Å². The van der Waals surface area contributed by atoms with E-state index in [1.165, 1.54) is 6.08 Å². The van der Waals surface area contributed by atoms with Crippen molar-refractivity contribution in [2.45, 2.75) is 6.92 Å². The molecule has 2 nitrogen and oxygen atoms in total. The van der Waals surface area contributed by atoms with E-state index in [0.717, 1.165) is 16.5 Å². The highest BCUT2D eigenvalue weighted by Gasteiger charge is 2.15. The summed E-state index contributed by atoms with van der Waals surface area (Å²) in [4.78, 5) is 12.3. The summed E-state index contributed by atoms with van der Waals surface area (Å²) in [6.45, 7) is 1.85. The fourth-order valence-corrected chi connectivity index (χ4v) is 2.55. The summed E-state index contributed by atoms with van der Waals surface area (Å²) in [5.41, 5.74) is 2.35. The van der Waals surface area contributed by atoms with E-state index in [9.17, 15) is 4.79 Å². The molecule has 0 aliphatic rings. The number of furan rings is 1. The molecule has 0 bridgehead atoms. The van der Waals surface area contributed by atoms with Gasteiger partial charge in [-0.05, 0) is 48.9 Å². The second kappa shape index (κ2) is 7.22.